The summed E-state index contributed by atoms with van der Waals surface area (Å²) < 4.78 is 28.8. The van der Waals surface area contributed by atoms with Crippen LogP contribution in [0.25, 0.3) is 0 Å². The number of unbranched alkanes of at least 4 members (excludes halogenated alkanes) is 1. The minimum absolute atomic E-state index is 0.0175. The summed E-state index contributed by atoms with van der Waals surface area (Å²) in [6, 6.07) is 14.7. The molecule has 3 rings (SSSR count). The molecule has 7 nitrogen and oxygen atoms in total. The Morgan fingerprint density at radius 3 is 2.10 bits per heavy atom. The molecule has 1 unspecified atom stereocenters. The average molecular weight is 659 g/mol. The van der Waals surface area contributed by atoms with Crippen molar-refractivity contribution in [3.63, 3.8) is 0 Å². The van der Waals surface area contributed by atoms with Crippen molar-refractivity contribution < 1.29 is 18.0 Å². The highest BCUT2D eigenvalue weighted by Crippen LogP contribution is 2.36. The Hall–Kier alpha value is -2.49. The molecule has 3 aromatic carbocycles. The van der Waals surface area contributed by atoms with Crippen molar-refractivity contribution in [1.29, 1.82) is 0 Å². The Kier molecular flexibility index (Phi) is 11.8. The Bertz CT molecular complexity index is 1480. The SMILES string of the molecule is CCCCNC(=O)C(C)N(Cc1c(Cl)cccc1Cl)C(=O)CN(c1cccc(Cl)c1Cl)S(=O)(=O)c1ccc(C)cc1. The van der Waals surface area contributed by atoms with Crippen LogP contribution in [0.2, 0.25) is 20.1 Å². The first-order valence-corrected chi connectivity index (χ1v) is 15.9. The van der Waals surface area contributed by atoms with Gasteiger partial charge < -0.3 is 10.2 Å². The highest BCUT2D eigenvalue weighted by Gasteiger charge is 2.34. The highest BCUT2D eigenvalue weighted by molar-refractivity contribution is 7.92. The van der Waals surface area contributed by atoms with Gasteiger partial charge in [0.1, 0.15) is 12.6 Å². The fourth-order valence-electron chi connectivity index (χ4n) is 4.01. The summed E-state index contributed by atoms with van der Waals surface area (Å²) in [6.45, 7) is 5.01. The number of halogens is 4. The van der Waals surface area contributed by atoms with Crippen LogP contribution in [0.4, 0.5) is 5.69 Å². The van der Waals surface area contributed by atoms with Crippen LogP contribution in [-0.4, -0.2) is 44.3 Å². The first-order chi connectivity index (χ1) is 19.4. The normalized spacial score (nSPS) is 12.1. The number of hydrogen-bond acceptors (Lipinski definition) is 4. The molecule has 0 aliphatic rings. The number of anilines is 1. The lowest BCUT2D eigenvalue weighted by molar-refractivity contribution is -0.139. The molecule has 2 amide bonds. The Labute approximate surface area is 261 Å². The zero-order valence-electron chi connectivity index (χ0n) is 22.8. The number of amides is 2. The van der Waals surface area contributed by atoms with Gasteiger partial charge in [0.15, 0.2) is 0 Å². The van der Waals surface area contributed by atoms with Crippen molar-refractivity contribution in [3.05, 3.63) is 91.9 Å². The molecule has 3 aromatic rings. The van der Waals surface area contributed by atoms with Crippen molar-refractivity contribution >= 4 is 73.9 Å². The molecule has 41 heavy (non-hydrogen) atoms. The maximum Gasteiger partial charge on any atom is 0.264 e. The van der Waals surface area contributed by atoms with E-state index in [2.05, 4.69) is 5.32 Å². The van der Waals surface area contributed by atoms with Crippen LogP contribution in [-0.2, 0) is 26.2 Å². The second kappa shape index (κ2) is 14.6. The summed E-state index contributed by atoms with van der Waals surface area (Å²) in [5, 5.41) is 3.51. The van der Waals surface area contributed by atoms with Gasteiger partial charge in [0.2, 0.25) is 11.8 Å². The summed E-state index contributed by atoms with van der Waals surface area (Å²) in [5.41, 5.74) is 1.30. The fourth-order valence-corrected chi connectivity index (χ4v) is 6.40. The summed E-state index contributed by atoms with van der Waals surface area (Å²) in [5.74, 6) is -1.07. The van der Waals surface area contributed by atoms with E-state index in [1.807, 2.05) is 13.8 Å². The molecule has 0 aliphatic carbocycles. The summed E-state index contributed by atoms with van der Waals surface area (Å²) in [7, 11) is -4.30. The van der Waals surface area contributed by atoms with E-state index >= 15 is 0 Å². The topological polar surface area (TPSA) is 86.8 Å². The van der Waals surface area contributed by atoms with Gasteiger partial charge in [0.25, 0.3) is 10.0 Å². The van der Waals surface area contributed by atoms with Crippen molar-refractivity contribution in [1.82, 2.24) is 10.2 Å². The Morgan fingerprint density at radius 1 is 0.902 bits per heavy atom. The van der Waals surface area contributed by atoms with E-state index in [-0.39, 0.29) is 27.2 Å². The van der Waals surface area contributed by atoms with Gasteiger partial charge in [-0.2, -0.15) is 0 Å². The second-order valence-electron chi connectivity index (χ2n) is 9.44. The predicted octanol–water partition coefficient (Wildman–Crippen LogP) is 7.14. The molecular weight excluding hydrogens is 628 g/mol. The van der Waals surface area contributed by atoms with E-state index in [0.717, 1.165) is 22.7 Å². The van der Waals surface area contributed by atoms with Gasteiger partial charge >= 0.3 is 0 Å². The lowest BCUT2D eigenvalue weighted by atomic mass is 10.1. The van der Waals surface area contributed by atoms with E-state index in [4.69, 9.17) is 46.4 Å². The van der Waals surface area contributed by atoms with E-state index < -0.39 is 34.4 Å². The third-order valence-electron chi connectivity index (χ3n) is 6.47. The molecule has 220 valence electrons. The molecule has 12 heteroatoms. The lowest BCUT2D eigenvalue weighted by Crippen LogP contribution is -2.51. The number of rotatable bonds is 12. The van der Waals surface area contributed by atoms with Crippen LogP contribution in [0.3, 0.4) is 0 Å². The summed E-state index contributed by atoms with van der Waals surface area (Å²) >= 11 is 25.5. The third kappa shape index (κ3) is 8.08. The summed E-state index contributed by atoms with van der Waals surface area (Å²) in [6.07, 6.45) is 1.64. The van der Waals surface area contributed by atoms with Gasteiger partial charge in [-0.15, -0.1) is 0 Å². The smallest absolute Gasteiger partial charge is 0.264 e. The molecular formula is C29H31Cl4N3O4S. The molecule has 0 aromatic heterocycles. The minimum atomic E-state index is -4.30. The second-order valence-corrected chi connectivity index (χ2v) is 12.9. The number of benzene rings is 3. The number of carbonyl (C=O) groups is 2. The standard InChI is InChI=1S/C29H31Cl4N3O4S/c1-4-5-16-34-29(38)20(3)35(17-22-23(30)8-6-9-24(22)31)27(37)18-36(26-11-7-10-25(32)28(26)33)41(39,40)21-14-12-19(2)13-15-21/h6-15,20H,4-5,16-18H2,1-3H3,(H,34,38). The number of aryl methyl sites for hydroxylation is 1. The zero-order chi connectivity index (χ0) is 30.3. The number of sulfonamides is 1. The molecule has 0 saturated carbocycles. The molecule has 1 N–H and O–H groups in total. The van der Waals surface area contributed by atoms with Gasteiger partial charge in [0, 0.05) is 28.7 Å². The van der Waals surface area contributed by atoms with Crippen molar-refractivity contribution in [3.8, 4) is 0 Å². The molecule has 0 fully saturated rings. The first kappa shape index (κ1) is 33.0. The molecule has 1 atom stereocenters. The largest absolute Gasteiger partial charge is 0.354 e. The highest BCUT2D eigenvalue weighted by atomic mass is 35.5. The van der Waals surface area contributed by atoms with Gasteiger partial charge in [-0.05, 0) is 56.7 Å². The third-order valence-corrected chi connectivity index (χ3v) is 9.77. The van der Waals surface area contributed by atoms with Crippen LogP contribution in [0.5, 0.6) is 0 Å². The Morgan fingerprint density at radius 2 is 1.49 bits per heavy atom. The lowest BCUT2D eigenvalue weighted by Gasteiger charge is -2.32. The van der Waals surface area contributed by atoms with Crippen LogP contribution in [0.1, 0.15) is 37.8 Å². The average Bonchev–Trinajstić information content (AvgIpc) is 2.93. The van der Waals surface area contributed by atoms with Crippen LogP contribution in [0.15, 0.2) is 65.6 Å². The number of nitrogens with one attached hydrogen (secondary N) is 1. The molecule has 0 spiro atoms. The molecule has 0 saturated heterocycles. The molecule has 0 radical (unpaired) electrons. The van der Waals surface area contributed by atoms with Gasteiger partial charge in [-0.25, -0.2) is 8.42 Å². The van der Waals surface area contributed by atoms with Crippen LogP contribution < -0.4 is 9.62 Å². The van der Waals surface area contributed by atoms with Gasteiger partial charge in [-0.1, -0.05) is 89.6 Å². The zero-order valence-corrected chi connectivity index (χ0v) is 26.7. The summed E-state index contributed by atoms with van der Waals surface area (Å²) in [4.78, 5) is 28.3. The van der Waals surface area contributed by atoms with Gasteiger partial charge in [-0.3, -0.25) is 13.9 Å². The predicted molar refractivity (Wildman–Crippen MR) is 167 cm³/mol. The monoisotopic (exact) mass is 657 g/mol. The maximum absolute atomic E-state index is 14.0. The van der Waals surface area contributed by atoms with Crippen LogP contribution in [0, 0.1) is 6.92 Å². The van der Waals surface area contributed by atoms with E-state index in [9.17, 15) is 18.0 Å². The van der Waals surface area contributed by atoms with Crippen LogP contribution >= 0.6 is 46.4 Å². The van der Waals surface area contributed by atoms with Crippen molar-refractivity contribution in [2.45, 2.75) is 51.1 Å². The maximum atomic E-state index is 14.0. The van der Waals surface area contributed by atoms with E-state index in [1.54, 1.807) is 37.3 Å². The quantitative estimate of drug-likeness (QED) is 0.210. The van der Waals surface area contributed by atoms with E-state index in [0.29, 0.717) is 22.2 Å². The molecule has 0 bridgehead atoms. The number of hydrogen-bond donors (Lipinski definition) is 1. The minimum Gasteiger partial charge on any atom is -0.354 e. The first-order valence-electron chi connectivity index (χ1n) is 12.9. The number of nitrogens with zero attached hydrogens (tertiary/aromatic N) is 2. The van der Waals surface area contributed by atoms with Crippen molar-refractivity contribution in [2.75, 3.05) is 17.4 Å². The molecule has 0 aliphatic heterocycles. The van der Waals surface area contributed by atoms with Crippen molar-refractivity contribution in [2.24, 2.45) is 0 Å². The van der Waals surface area contributed by atoms with Gasteiger partial charge in [0.05, 0.1) is 20.6 Å². The number of carbonyl (C=O) groups excluding carboxylic acids is 2. The Balaban J connectivity index is 2.08. The fraction of sp³-hybridized carbons (Fsp3) is 0.310. The molecule has 0 heterocycles. The van der Waals surface area contributed by atoms with E-state index in [1.165, 1.54) is 35.2 Å².